The van der Waals surface area contributed by atoms with Gasteiger partial charge in [0.05, 0.1) is 13.0 Å². The first-order chi connectivity index (χ1) is 7.11. The molecule has 4 heteroatoms. The summed E-state index contributed by atoms with van der Waals surface area (Å²) < 4.78 is 31.5. The van der Waals surface area contributed by atoms with E-state index in [4.69, 9.17) is 10.5 Å². The Balaban J connectivity index is 2.24. The Morgan fingerprint density at radius 3 is 2.73 bits per heavy atom. The van der Waals surface area contributed by atoms with Gasteiger partial charge in [0.25, 0.3) is 5.92 Å². The van der Waals surface area contributed by atoms with Crippen molar-refractivity contribution in [2.24, 2.45) is 11.7 Å². The summed E-state index contributed by atoms with van der Waals surface area (Å²) >= 11 is 0. The molecule has 1 aromatic rings. The second-order valence-electron chi connectivity index (χ2n) is 3.77. The van der Waals surface area contributed by atoms with Gasteiger partial charge in [0.15, 0.2) is 0 Å². The minimum Gasteiger partial charge on any atom is -0.497 e. The third-order valence-corrected chi connectivity index (χ3v) is 2.91. The minimum absolute atomic E-state index is 0.0227. The zero-order valence-electron chi connectivity index (χ0n) is 8.41. The van der Waals surface area contributed by atoms with E-state index in [-0.39, 0.29) is 6.54 Å². The molecule has 0 saturated heterocycles. The molecule has 1 aromatic carbocycles. The molecule has 2 N–H and O–H groups in total. The monoisotopic (exact) mass is 213 g/mol. The van der Waals surface area contributed by atoms with Crippen molar-refractivity contribution in [2.75, 3.05) is 13.7 Å². The normalized spacial score (nSPS) is 27.5. The second kappa shape index (κ2) is 3.45. The van der Waals surface area contributed by atoms with Crippen LogP contribution in [0.4, 0.5) is 8.78 Å². The zero-order valence-corrected chi connectivity index (χ0v) is 8.41. The van der Waals surface area contributed by atoms with E-state index in [0.29, 0.717) is 11.3 Å². The molecule has 1 fully saturated rings. The van der Waals surface area contributed by atoms with Crippen molar-refractivity contribution in [3.63, 3.8) is 0 Å². The molecule has 0 aliphatic heterocycles. The minimum atomic E-state index is -2.65. The lowest BCUT2D eigenvalue weighted by atomic mass is 10.1. The van der Waals surface area contributed by atoms with Crippen LogP contribution in [0.15, 0.2) is 24.3 Å². The molecule has 15 heavy (non-hydrogen) atoms. The fourth-order valence-corrected chi connectivity index (χ4v) is 1.97. The van der Waals surface area contributed by atoms with Gasteiger partial charge in [-0.15, -0.1) is 0 Å². The standard InChI is InChI=1S/C11H13F2NO/c1-15-8-4-2-3-7(5-8)10-9(6-14)11(10,12)13/h2-5,9-10H,6,14H2,1H3. The molecule has 82 valence electrons. The third kappa shape index (κ3) is 1.59. The predicted octanol–water partition coefficient (Wildman–Crippen LogP) is 2.00. The summed E-state index contributed by atoms with van der Waals surface area (Å²) in [5, 5.41) is 0. The second-order valence-corrected chi connectivity index (χ2v) is 3.77. The summed E-state index contributed by atoms with van der Waals surface area (Å²) in [6.45, 7) is 0.0227. The van der Waals surface area contributed by atoms with E-state index in [0.717, 1.165) is 0 Å². The number of halogens is 2. The van der Waals surface area contributed by atoms with Crippen molar-refractivity contribution >= 4 is 0 Å². The van der Waals surface area contributed by atoms with Crippen molar-refractivity contribution in [1.82, 2.24) is 0 Å². The maximum Gasteiger partial charge on any atom is 0.260 e. The fraction of sp³-hybridized carbons (Fsp3) is 0.455. The number of benzene rings is 1. The highest BCUT2D eigenvalue weighted by molar-refractivity contribution is 5.37. The Bertz CT molecular complexity index is 367. The lowest BCUT2D eigenvalue weighted by molar-refractivity contribution is 0.0947. The molecular formula is C11H13F2NO. The van der Waals surface area contributed by atoms with Gasteiger partial charge in [-0.2, -0.15) is 0 Å². The molecular weight excluding hydrogens is 200 g/mol. The Labute approximate surface area is 87.0 Å². The molecule has 1 aliphatic carbocycles. The highest BCUT2D eigenvalue weighted by atomic mass is 19.3. The molecule has 1 saturated carbocycles. The van der Waals surface area contributed by atoms with Crippen LogP contribution in [0.1, 0.15) is 11.5 Å². The number of alkyl halides is 2. The summed E-state index contributed by atoms with van der Waals surface area (Å²) in [6.07, 6.45) is 0. The number of ether oxygens (including phenoxy) is 1. The van der Waals surface area contributed by atoms with Gasteiger partial charge < -0.3 is 10.5 Å². The predicted molar refractivity (Wildman–Crippen MR) is 53.2 cm³/mol. The Morgan fingerprint density at radius 1 is 1.47 bits per heavy atom. The van der Waals surface area contributed by atoms with Crippen LogP contribution in [-0.4, -0.2) is 19.6 Å². The van der Waals surface area contributed by atoms with Crippen LogP contribution in [0, 0.1) is 5.92 Å². The van der Waals surface area contributed by atoms with Crippen LogP contribution in [0.2, 0.25) is 0 Å². The lowest BCUT2D eigenvalue weighted by Crippen LogP contribution is -2.06. The van der Waals surface area contributed by atoms with Crippen molar-refractivity contribution in [3.05, 3.63) is 29.8 Å². The molecule has 0 bridgehead atoms. The molecule has 1 aliphatic rings. The van der Waals surface area contributed by atoms with Crippen molar-refractivity contribution in [3.8, 4) is 5.75 Å². The van der Waals surface area contributed by atoms with E-state index in [9.17, 15) is 8.78 Å². The van der Waals surface area contributed by atoms with E-state index < -0.39 is 17.8 Å². The van der Waals surface area contributed by atoms with Gasteiger partial charge in [-0.25, -0.2) is 8.78 Å². The van der Waals surface area contributed by atoms with Crippen LogP contribution in [0.25, 0.3) is 0 Å². The summed E-state index contributed by atoms with van der Waals surface area (Å²) in [4.78, 5) is 0. The number of hydrogen-bond donors (Lipinski definition) is 1. The van der Waals surface area contributed by atoms with E-state index >= 15 is 0 Å². The van der Waals surface area contributed by atoms with Crippen molar-refractivity contribution in [1.29, 1.82) is 0 Å². The third-order valence-electron chi connectivity index (χ3n) is 2.91. The average Bonchev–Trinajstić information content (AvgIpc) is 2.80. The maximum absolute atomic E-state index is 13.3. The average molecular weight is 213 g/mol. The van der Waals surface area contributed by atoms with Gasteiger partial charge in [0, 0.05) is 12.5 Å². The first-order valence-electron chi connectivity index (χ1n) is 4.83. The van der Waals surface area contributed by atoms with E-state index in [1.54, 1.807) is 24.3 Å². The van der Waals surface area contributed by atoms with Gasteiger partial charge in [-0.3, -0.25) is 0 Å². The molecule has 2 rings (SSSR count). The van der Waals surface area contributed by atoms with Gasteiger partial charge in [0.1, 0.15) is 5.75 Å². The highest BCUT2D eigenvalue weighted by Gasteiger charge is 2.67. The Kier molecular flexibility index (Phi) is 2.38. The van der Waals surface area contributed by atoms with Crippen LogP contribution < -0.4 is 10.5 Å². The Hall–Kier alpha value is -1.16. The molecule has 2 unspecified atom stereocenters. The summed E-state index contributed by atoms with van der Waals surface area (Å²) in [5.74, 6) is -3.51. The van der Waals surface area contributed by atoms with Gasteiger partial charge in [-0.05, 0) is 17.7 Å². The number of nitrogens with two attached hydrogens (primary N) is 1. The number of hydrogen-bond acceptors (Lipinski definition) is 2. The van der Waals surface area contributed by atoms with Crippen LogP contribution >= 0.6 is 0 Å². The van der Waals surface area contributed by atoms with Gasteiger partial charge >= 0.3 is 0 Å². The van der Waals surface area contributed by atoms with Crippen LogP contribution in [-0.2, 0) is 0 Å². The van der Waals surface area contributed by atoms with E-state index in [1.807, 2.05) is 0 Å². The van der Waals surface area contributed by atoms with Crippen molar-refractivity contribution < 1.29 is 13.5 Å². The van der Waals surface area contributed by atoms with Gasteiger partial charge in [0.2, 0.25) is 0 Å². The molecule has 2 nitrogen and oxygen atoms in total. The Morgan fingerprint density at radius 2 is 2.20 bits per heavy atom. The molecule has 0 spiro atoms. The molecule has 0 amide bonds. The van der Waals surface area contributed by atoms with Gasteiger partial charge in [-0.1, -0.05) is 12.1 Å². The maximum atomic E-state index is 13.3. The fourth-order valence-electron chi connectivity index (χ4n) is 1.97. The summed E-state index contributed by atoms with van der Waals surface area (Å²) in [6, 6.07) is 6.79. The molecule has 0 radical (unpaired) electrons. The molecule has 0 aromatic heterocycles. The number of methoxy groups -OCH3 is 1. The quantitative estimate of drug-likeness (QED) is 0.833. The van der Waals surface area contributed by atoms with Crippen LogP contribution in [0.3, 0.4) is 0 Å². The molecule has 0 heterocycles. The van der Waals surface area contributed by atoms with Crippen LogP contribution in [0.5, 0.6) is 5.75 Å². The smallest absolute Gasteiger partial charge is 0.260 e. The zero-order chi connectivity index (χ0) is 11.1. The van der Waals surface area contributed by atoms with E-state index in [2.05, 4.69) is 0 Å². The SMILES string of the molecule is COc1cccc(C2C(CN)C2(F)F)c1. The summed E-state index contributed by atoms with van der Waals surface area (Å²) in [5.41, 5.74) is 5.90. The largest absolute Gasteiger partial charge is 0.497 e. The first kappa shape index (κ1) is 10.4. The number of rotatable bonds is 3. The van der Waals surface area contributed by atoms with Crippen molar-refractivity contribution in [2.45, 2.75) is 11.8 Å². The van der Waals surface area contributed by atoms with E-state index in [1.165, 1.54) is 7.11 Å². The highest BCUT2D eigenvalue weighted by Crippen LogP contribution is 2.61. The summed E-state index contributed by atoms with van der Waals surface area (Å²) in [7, 11) is 1.52. The molecule has 2 atom stereocenters. The topological polar surface area (TPSA) is 35.2 Å². The first-order valence-corrected chi connectivity index (χ1v) is 4.83. The lowest BCUT2D eigenvalue weighted by Gasteiger charge is -2.02.